The molecule has 0 spiro atoms. The lowest BCUT2D eigenvalue weighted by Crippen LogP contribution is -2.50. The number of ether oxygens (including phenoxy) is 3. The van der Waals surface area contributed by atoms with Crippen LogP contribution in [0.15, 0.2) is 93.6 Å². The topological polar surface area (TPSA) is 352 Å². The van der Waals surface area contributed by atoms with Gasteiger partial charge in [-0.2, -0.15) is 0 Å². The third-order valence-electron chi connectivity index (χ3n) is 17.0. The van der Waals surface area contributed by atoms with Crippen molar-refractivity contribution in [2.45, 2.75) is 82.7 Å². The molecule has 32 heteroatoms. The van der Waals surface area contributed by atoms with Gasteiger partial charge in [0, 0.05) is 95.7 Å². The zero-order valence-corrected chi connectivity index (χ0v) is 58.5. The van der Waals surface area contributed by atoms with Gasteiger partial charge in [0.1, 0.15) is 93.9 Å². The van der Waals surface area contributed by atoms with E-state index in [-0.39, 0.29) is 52.2 Å². The zero-order valence-electron chi connectivity index (χ0n) is 53.6. The number of rotatable bonds is 15. The van der Waals surface area contributed by atoms with E-state index >= 15 is 14.4 Å². The summed E-state index contributed by atoms with van der Waals surface area (Å²) in [6.45, 7) is 9.55. The van der Waals surface area contributed by atoms with Crippen LogP contribution in [0.3, 0.4) is 0 Å². The lowest BCUT2D eigenvalue weighted by Gasteiger charge is -2.32. The smallest absolute Gasteiger partial charge is 0.407 e. The summed E-state index contributed by atoms with van der Waals surface area (Å²) in [7, 11) is 3.62. The van der Waals surface area contributed by atoms with Gasteiger partial charge in [0.25, 0.3) is 17.7 Å². The minimum Gasteiger partial charge on any atom is -0.497 e. The van der Waals surface area contributed by atoms with E-state index in [2.05, 4.69) is 37.8 Å². The van der Waals surface area contributed by atoms with Crippen molar-refractivity contribution in [3.63, 3.8) is 0 Å². The molecule has 2 aromatic carbocycles. The first-order valence-electron chi connectivity index (χ1n) is 31.2. The highest BCUT2D eigenvalue weighted by atomic mass is 32.1. The van der Waals surface area contributed by atoms with Gasteiger partial charge in [-0.05, 0) is 62.3 Å². The number of alkyl carbamates (subject to hydrolysis) is 1. The largest absolute Gasteiger partial charge is 0.497 e. The number of benzene rings is 2. The highest BCUT2D eigenvalue weighted by Crippen LogP contribution is 2.45. The van der Waals surface area contributed by atoms with Gasteiger partial charge in [-0.15, -0.1) is 68.0 Å². The van der Waals surface area contributed by atoms with Crippen LogP contribution < -0.4 is 32.2 Å². The number of fused-ring (bicyclic) bond motifs is 16. The maximum atomic E-state index is 15.7. The van der Waals surface area contributed by atoms with E-state index < -0.39 is 96.0 Å². The number of thiazole rings is 6. The van der Waals surface area contributed by atoms with Crippen LogP contribution in [0.2, 0.25) is 0 Å². The van der Waals surface area contributed by atoms with Crippen molar-refractivity contribution in [3.8, 4) is 49.1 Å². The summed E-state index contributed by atoms with van der Waals surface area (Å²) in [5.41, 5.74) is 14.6. The van der Waals surface area contributed by atoms with Crippen LogP contribution in [-0.4, -0.2) is 169 Å². The number of piperazine rings is 1. The van der Waals surface area contributed by atoms with E-state index in [0.717, 1.165) is 66.7 Å². The molecular weight excluding hydrogens is 1370 g/mol. The number of methoxy groups -OCH3 is 1. The quantitative estimate of drug-likeness (QED) is 0.0474. The van der Waals surface area contributed by atoms with Gasteiger partial charge in [0.2, 0.25) is 11.8 Å². The predicted octanol–water partition coefficient (Wildman–Crippen LogP) is 8.52. The van der Waals surface area contributed by atoms with Gasteiger partial charge in [-0.3, -0.25) is 33.6 Å². The molecule has 12 rings (SSSR count). The average molecular weight is 1440 g/mol. The fraction of sp³-hybridized carbons (Fsp3) is 0.348. The SMILES string of the molecule is COc1ccc(C[C@@H]2NC(=O)c3csc(n3)[C@H]([C@H](OC(=O)NCCCN3CCN(C)CC3)c3ccccc3)CC(=O)c3nc(sc3C)[C@H](CC(N)=O)NC(=O)c3csc(n3)-c3ccc(-c4nc(C(N)=O)cs4)nc3-c3csc(n3)-c3csc(n3)[C@@H]3[C@@H](C)[C@@H](OC(C)=O)CN3C2=O)cc1. The van der Waals surface area contributed by atoms with Crippen LogP contribution >= 0.6 is 68.0 Å². The first-order valence-corrected chi connectivity index (χ1v) is 36.5. The number of hydrogen-bond acceptors (Lipinski definition) is 26. The van der Waals surface area contributed by atoms with Crippen molar-refractivity contribution in [2.24, 2.45) is 17.4 Å². The summed E-state index contributed by atoms with van der Waals surface area (Å²) in [5, 5.41) is 19.2. The van der Waals surface area contributed by atoms with Crippen molar-refractivity contribution in [1.29, 1.82) is 0 Å². The summed E-state index contributed by atoms with van der Waals surface area (Å²) >= 11 is 7.01. The molecule has 6 amide bonds. The molecular formula is C66H67N15O11S6. The van der Waals surface area contributed by atoms with E-state index in [1.165, 1.54) is 58.8 Å². The minimum absolute atomic E-state index is 0.00447. The first kappa shape index (κ1) is 68.8. The van der Waals surface area contributed by atoms with Crippen LogP contribution in [0.5, 0.6) is 5.75 Å². The summed E-state index contributed by atoms with van der Waals surface area (Å²) in [6, 6.07) is 16.2. The molecule has 3 aliphatic rings. The lowest BCUT2D eigenvalue weighted by atomic mass is 9.90. The lowest BCUT2D eigenvalue weighted by molar-refractivity contribution is -0.148. The molecule has 2 fully saturated rings. The summed E-state index contributed by atoms with van der Waals surface area (Å²) in [4.78, 5) is 153. The van der Waals surface area contributed by atoms with E-state index in [1.54, 1.807) is 89.3 Å². The number of nitrogens with one attached hydrogen (secondary N) is 3. The molecule has 10 heterocycles. The first-order chi connectivity index (χ1) is 47.2. The van der Waals surface area contributed by atoms with Crippen molar-refractivity contribution >= 4 is 115 Å². The standard InChI is InChI=1S/C66H67N15O11S6/c1-33-50(91-35(3)82)27-81-54(33)64-77-48(32-97-64)62-73-44(28-95-62)53-39(16-17-41(70-53)61-74-45(29-96-61)56(68)85)59-75-46(30-93-59)57(86)71-42(26-51(67)84)63-78-52(34(2)98-63)49(83)25-40(55(37-10-7-6-8-11-37)92-66(89)69-18-9-19-80-22-20-79(4)21-23-80)60-76-47(31-94-60)58(87)72-43(65(81)88)24-36-12-14-38(90-5)15-13-36/h6-8,10-17,28-33,40,42-43,50,54-55H,9,18-27H2,1-5H3,(H2,67,84)(H2,68,85)(H,69,89)(H,71,86)(H,72,87)/t33-,40-,42-,43-,50-,54-,55+/m0/s1. The summed E-state index contributed by atoms with van der Waals surface area (Å²) in [6.07, 6.45) is -2.85. The number of esters is 1. The monoisotopic (exact) mass is 1440 g/mol. The van der Waals surface area contributed by atoms with E-state index in [4.69, 9.17) is 55.6 Å². The number of amides is 6. The Kier molecular flexibility index (Phi) is 21.3. The number of aryl methyl sites for hydroxylation is 1. The zero-order chi connectivity index (χ0) is 68.9. The second kappa shape index (κ2) is 30.3. The number of ketones is 1. The maximum absolute atomic E-state index is 15.7. The third kappa shape index (κ3) is 15.7. The Morgan fingerprint density at radius 1 is 0.704 bits per heavy atom. The van der Waals surface area contributed by atoms with Gasteiger partial charge in [0.05, 0.1) is 43.8 Å². The van der Waals surface area contributed by atoms with E-state index in [9.17, 15) is 24.0 Å². The highest BCUT2D eigenvalue weighted by Gasteiger charge is 2.48. The molecule has 10 bridgehead atoms. The summed E-state index contributed by atoms with van der Waals surface area (Å²) < 4.78 is 17.8. The number of carbonyl (C=O) groups is 8. The van der Waals surface area contributed by atoms with Gasteiger partial charge in [0.15, 0.2) is 5.78 Å². The molecule has 7 aromatic heterocycles. The number of likely N-dealkylation sites (N-methyl/N-ethyl adjacent to an activating group) is 1. The molecule has 9 aromatic rings. The van der Waals surface area contributed by atoms with Crippen molar-refractivity contribution in [3.05, 3.63) is 147 Å². The molecule has 7 N–H and O–H groups in total. The molecule has 0 saturated carbocycles. The van der Waals surface area contributed by atoms with Gasteiger partial charge >= 0.3 is 12.1 Å². The molecule has 3 aliphatic heterocycles. The van der Waals surface area contributed by atoms with Crippen molar-refractivity contribution in [2.75, 3.05) is 60.0 Å². The van der Waals surface area contributed by atoms with Crippen LogP contribution in [0, 0.1) is 12.8 Å². The van der Waals surface area contributed by atoms with Crippen LogP contribution in [-0.2, 0) is 30.3 Å². The molecule has 0 radical (unpaired) electrons. The number of primary amides is 2. The third-order valence-corrected chi connectivity index (χ3v) is 22.6. The normalized spacial score (nSPS) is 19.8. The predicted molar refractivity (Wildman–Crippen MR) is 371 cm³/mol. The second-order valence-corrected chi connectivity index (χ2v) is 29.4. The Labute approximate surface area is 586 Å². The number of nitrogens with two attached hydrogens (primary N) is 2. The highest BCUT2D eigenvalue weighted by molar-refractivity contribution is 7.15. The Bertz CT molecular complexity index is 4450. The Balaban J connectivity index is 0.956. The Morgan fingerprint density at radius 3 is 2.09 bits per heavy atom. The number of aromatic nitrogens is 7. The number of carbonyl (C=O) groups excluding carboxylic acids is 8. The van der Waals surface area contributed by atoms with Gasteiger partial charge < -0.3 is 56.3 Å². The molecule has 26 nitrogen and oxygen atoms in total. The van der Waals surface area contributed by atoms with E-state index in [0.29, 0.717) is 83.1 Å². The number of hydrogen-bond donors (Lipinski definition) is 5. The fourth-order valence-electron chi connectivity index (χ4n) is 11.9. The van der Waals surface area contributed by atoms with Crippen LogP contribution in [0.4, 0.5) is 4.79 Å². The maximum Gasteiger partial charge on any atom is 0.407 e. The number of Topliss-reactive ketones (excluding diaryl/α,β-unsaturated/α-hetero) is 1. The second-order valence-electron chi connectivity index (χ2n) is 23.8. The fourth-order valence-corrected chi connectivity index (χ4v) is 17.3. The number of pyridine rings is 1. The Morgan fingerprint density at radius 2 is 1.37 bits per heavy atom. The molecule has 7 atom stereocenters. The van der Waals surface area contributed by atoms with Crippen LogP contribution in [0.25, 0.3) is 43.4 Å². The average Bonchev–Trinajstić information content (AvgIpc) is 1.61. The van der Waals surface area contributed by atoms with Gasteiger partial charge in [-0.25, -0.2) is 39.7 Å². The molecule has 2 saturated heterocycles. The number of nitrogens with zero attached hydrogens (tertiary/aromatic N) is 10. The van der Waals surface area contributed by atoms with E-state index in [1.807, 2.05) is 12.3 Å². The molecule has 98 heavy (non-hydrogen) atoms. The van der Waals surface area contributed by atoms with Crippen molar-refractivity contribution < 1.29 is 52.6 Å². The van der Waals surface area contributed by atoms with Crippen molar-refractivity contribution in [1.82, 2.24) is 65.5 Å². The molecule has 0 aliphatic carbocycles. The molecule has 0 unspecified atom stereocenters. The minimum atomic E-state index is -1.26. The Hall–Kier alpha value is -9.15. The summed E-state index contributed by atoms with van der Waals surface area (Å²) in [5.74, 6) is -5.48. The van der Waals surface area contributed by atoms with Crippen LogP contribution in [0.1, 0.15) is 130 Å². The van der Waals surface area contributed by atoms with Gasteiger partial charge in [-0.1, -0.05) is 49.4 Å². The molecule has 508 valence electrons.